The van der Waals surface area contributed by atoms with E-state index in [1.165, 1.54) is 12.1 Å². The molecular formula is C24H26N2O3S. The van der Waals surface area contributed by atoms with Gasteiger partial charge in [-0.2, -0.15) is 0 Å². The van der Waals surface area contributed by atoms with Crippen LogP contribution in [0.15, 0.2) is 77.7 Å². The van der Waals surface area contributed by atoms with Crippen LogP contribution >= 0.6 is 0 Å². The molecule has 0 aliphatic carbocycles. The van der Waals surface area contributed by atoms with Crippen LogP contribution in [-0.4, -0.2) is 14.3 Å². The quantitative estimate of drug-likeness (QED) is 0.582. The molecule has 0 bridgehead atoms. The zero-order valence-corrected chi connectivity index (χ0v) is 18.4. The summed E-state index contributed by atoms with van der Waals surface area (Å²) < 4.78 is 27.8. The second-order valence-corrected chi connectivity index (χ2v) is 9.91. The molecule has 156 valence electrons. The highest BCUT2D eigenvalue weighted by molar-refractivity contribution is 7.92. The SMILES string of the molecule is Cc1ccc(NC(=O)c2ccc(C(C)(C)C)cc2)cc1NS(=O)(=O)c1ccccc1. The summed E-state index contributed by atoms with van der Waals surface area (Å²) in [5, 5.41) is 2.84. The number of carbonyl (C=O) groups excluding carboxylic acids is 1. The van der Waals surface area contributed by atoms with Crippen LogP contribution in [0.4, 0.5) is 11.4 Å². The highest BCUT2D eigenvalue weighted by Crippen LogP contribution is 2.25. The summed E-state index contributed by atoms with van der Waals surface area (Å²) in [5.41, 5.74) is 3.37. The fourth-order valence-corrected chi connectivity index (χ4v) is 4.08. The number of nitrogens with one attached hydrogen (secondary N) is 2. The molecule has 0 aromatic heterocycles. The fourth-order valence-electron chi connectivity index (χ4n) is 2.94. The van der Waals surface area contributed by atoms with E-state index in [1.807, 2.05) is 12.1 Å². The molecule has 30 heavy (non-hydrogen) atoms. The van der Waals surface area contributed by atoms with Crippen molar-refractivity contribution < 1.29 is 13.2 Å². The fraction of sp³-hybridized carbons (Fsp3) is 0.208. The van der Waals surface area contributed by atoms with Crippen LogP contribution in [0.3, 0.4) is 0 Å². The van der Waals surface area contributed by atoms with Crippen molar-refractivity contribution in [3.05, 3.63) is 89.5 Å². The standard InChI is InChI=1S/C24H26N2O3S/c1-17-10-15-20(16-22(17)26-30(28,29)21-8-6-5-7-9-21)25-23(27)18-11-13-19(14-12-18)24(2,3)4/h5-16,26H,1-4H3,(H,25,27). The predicted molar refractivity (Wildman–Crippen MR) is 122 cm³/mol. The number of anilines is 2. The topological polar surface area (TPSA) is 75.3 Å². The number of sulfonamides is 1. The second kappa shape index (κ2) is 8.32. The smallest absolute Gasteiger partial charge is 0.261 e. The van der Waals surface area contributed by atoms with Crippen molar-refractivity contribution in [3.8, 4) is 0 Å². The molecule has 3 aromatic carbocycles. The highest BCUT2D eigenvalue weighted by Gasteiger charge is 2.17. The largest absolute Gasteiger partial charge is 0.322 e. The molecule has 0 spiro atoms. The van der Waals surface area contributed by atoms with E-state index in [0.717, 1.165) is 11.1 Å². The van der Waals surface area contributed by atoms with Crippen molar-refractivity contribution in [2.24, 2.45) is 0 Å². The number of hydrogen-bond acceptors (Lipinski definition) is 3. The molecule has 0 fully saturated rings. The lowest BCUT2D eigenvalue weighted by Crippen LogP contribution is -2.16. The van der Waals surface area contributed by atoms with Crippen LogP contribution in [0.5, 0.6) is 0 Å². The first-order valence-electron chi connectivity index (χ1n) is 9.67. The molecule has 0 aliphatic rings. The Labute approximate surface area is 178 Å². The number of aryl methyl sites for hydroxylation is 1. The Morgan fingerprint density at radius 3 is 2.10 bits per heavy atom. The number of carbonyl (C=O) groups is 1. The summed E-state index contributed by atoms with van der Waals surface area (Å²) in [6.07, 6.45) is 0. The maximum absolute atomic E-state index is 12.6. The number of rotatable bonds is 5. The molecule has 3 rings (SSSR count). The van der Waals surface area contributed by atoms with Gasteiger partial charge in [0.25, 0.3) is 15.9 Å². The van der Waals surface area contributed by atoms with Crippen LogP contribution in [0.25, 0.3) is 0 Å². The van der Waals surface area contributed by atoms with Crippen molar-refractivity contribution in [2.45, 2.75) is 38.0 Å². The van der Waals surface area contributed by atoms with E-state index in [9.17, 15) is 13.2 Å². The van der Waals surface area contributed by atoms with Gasteiger partial charge in [0.1, 0.15) is 0 Å². The first kappa shape index (κ1) is 21.6. The van der Waals surface area contributed by atoms with Crippen LogP contribution in [0.2, 0.25) is 0 Å². The van der Waals surface area contributed by atoms with Crippen LogP contribution < -0.4 is 10.0 Å². The Bertz CT molecular complexity index is 1150. The minimum absolute atomic E-state index is 0.0107. The molecule has 2 N–H and O–H groups in total. The van der Waals surface area contributed by atoms with Gasteiger partial charge >= 0.3 is 0 Å². The van der Waals surface area contributed by atoms with Crippen LogP contribution in [0.1, 0.15) is 42.3 Å². The van der Waals surface area contributed by atoms with Crippen LogP contribution in [-0.2, 0) is 15.4 Å². The molecular weight excluding hydrogens is 396 g/mol. The van der Waals surface area contributed by atoms with Gasteiger partial charge in [-0.15, -0.1) is 0 Å². The second-order valence-electron chi connectivity index (χ2n) is 8.23. The highest BCUT2D eigenvalue weighted by atomic mass is 32.2. The summed E-state index contributed by atoms with van der Waals surface area (Å²) in [6, 6.07) is 20.8. The molecule has 0 aliphatic heterocycles. The van der Waals surface area contributed by atoms with Crippen LogP contribution in [0, 0.1) is 6.92 Å². The molecule has 0 heterocycles. The van der Waals surface area contributed by atoms with Gasteiger partial charge in [0.15, 0.2) is 0 Å². The van der Waals surface area contributed by atoms with E-state index in [0.29, 0.717) is 16.9 Å². The minimum atomic E-state index is -3.71. The summed E-state index contributed by atoms with van der Waals surface area (Å²) in [7, 11) is -3.71. The Balaban J connectivity index is 1.79. The van der Waals surface area contributed by atoms with E-state index in [1.54, 1.807) is 55.5 Å². The van der Waals surface area contributed by atoms with Gasteiger partial charge in [-0.3, -0.25) is 9.52 Å². The normalized spacial score (nSPS) is 11.7. The number of benzene rings is 3. The summed E-state index contributed by atoms with van der Waals surface area (Å²) >= 11 is 0. The third-order valence-electron chi connectivity index (χ3n) is 4.81. The lowest BCUT2D eigenvalue weighted by molar-refractivity contribution is 0.102. The van der Waals surface area contributed by atoms with Gasteiger partial charge in [-0.25, -0.2) is 8.42 Å². The van der Waals surface area contributed by atoms with Crippen molar-refractivity contribution >= 4 is 27.3 Å². The molecule has 0 radical (unpaired) electrons. The Morgan fingerprint density at radius 1 is 0.867 bits per heavy atom. The average Bonchev–Trinajstić information content (AvgIpc) is 2.70. The lowest BCUT2D eigenvalue weighted by atomic mass is 9.87. The van der Waals surface area contributed by atoms with Gasteiger partial charge in [-0.1, -0.05) is 57.2 Å². The van der Waals surface area contributed by atoms with E-state index >= 15 is 0 Å². The lowest BCUT2D eigenvalue weighted by Gasteiger charge is -2.19. The van der Waals surface area contributed by atoms with Gasteiger partial charge in [0.2, 0.25) is 0 Å². The van der Waals surface area contributed by atoms with E-state index in [-0.39, 0.29) is 16.2 Å². The molecule has 5 nitrogen and oxygen atoms in total. The monoisotopic (exact) mass is 422 g/mol. The van der Waals surface area contributed by atoms with E-state index < -0.39 is 10.0 Å². The molecule has 6 heteroatoms. The zero-order valence-electron chi connectivity index (χ0n) is 17.6. The van der Waals surface area contributed by atoms with Gasteiger partial charge in [-0.05, 0) is 59.9 Å². The molecule has 0 saturated carbocycles. The van der Waals surface area contributed by atoms with Crippen molar-refractivity contribution in [2.75, 3.05) is 10.0 Å². The average molecular weight is 423 g/mol. The Hall–Kier alpha value is -3.12. The predicted octanol–water partition coefficient (Wildman–Crippen LogP) is 5.35. The third kappa shape index (κ3) is 5.07. The molecule has 1 amide bonds. The summed E-state index contributed by atoms with van der Waals surface area (Å²) in [5.74, 6) is -0.254. The van der Waals surface area contributed by atoms with Gasteiger partial charge in [0.05, 0.1) is 10.6 Å². The van der Waals surface area contributed by atoms with Crippen molar-refractivity contribution in [3.63, 3.8) is 0 Å². The van der Waals surface area contributed by atoms with E-state index in [4.69, 9.17) is 0 Å². The Kier molecular flexibility index (Phi) is 5.99. The van der Waals surface area contributed by atoms with Crippen molar-refractivity contribution in [1.82, 2.24) is 0 Å². The maximum Gasteiger partial charge on any atom is 0.261 e. The zero-order chi connectivity index (χ0) is 21.9. The van der Waals surface area contributed by atoms with Gasteiger partial charge < -0.3 is 5.32 Å². The molecule has 3 aromatic rings. The van der Waals surface area contributed by atoms with Gasteiger partial charge in [0, 0.05) is 11.3 Å². The molecule has 0 unspecified atom stereocenters. The summed E-state index contributed by atoms with van der Waals surface area (Å²) in [6.45, 7) is 8.16. The first-order chi connectivity index (χ1) is 14.1. The molecule has 0 atom stereocenters. The number of amides is 1. The first-order valence-corrected chi connectivity index (χ1v) is 11.1. The third-order valence-corrected chi connectivity index (χ3v) is 6.19. The number of hydrogen-bond donors (Lipinski definition) is 2. The van der Waals surface area contributed by atoms with E-state index in [2.05, 4.69) is 30.8 Å². The summed E-state index contributed by atoms with van der Waals surface area (Å²) in [4.78, 5) is 12.8. The minimum Gasteiger partial charge on any atom is -0.322 e. The maximum atomic E-state index is 12.6. The Morgan fingerprint density at radius 2 is 1.50 bits per heavy atom. The van der Waals surface area contributed by atoms with Crippen molar-refractivity contribution in [1.29, 1.82) is 0 Å². The molecule has 0 saturated heterocycles.